The number of nitrogens with zero attached hydrogens (tertiary/aromatic N) is 1. The van der Waals surface area contributed by atoms with E-state index >= 15 is 0 Å². The van der Waals surface area contributed by atoms with E-state index in [2.05, 4.69) is 6.07 Å². The Bertz CT molecular complexity index is 752. The summed E-state index contributed by atoms with van der Waals surface area (Å²) >= 11 is 6.25. The van der Waals surface area contributed by atoms with Gasteiger partial charge in [0.05, 0.1) is 16.2 Å². The number of aromatic nitrogens is 1. The van der Waals surface area contributed by atoms with Crippen molar-refractivity contribution in [3.05, 3.63) is 65.2 Å². The third kappa shape index (κ3) is 2.28. The first kappa shape index (κ1) is 13.1. The molecule has 0 spiro atoms. The lowest BCUT2D eigenvalue weighted by Crippen LogP contribution is -2.08. The highest BCUT2D eigenvalue weighted by atomic mass is 35.5. The fraction of sp³-hybridized carbons (Fsp3) is 0.118. The lowest BCUT2D eigenvalue weighted by atomic mass is 9.99. The summed E-state index contributed by atoms with van der Waals surface area (Å²) in [5.41, 5.74) is 9.92. The number of hydrogen-bond donors (Lipinski definition) is 1. The molecule has 2 N–H and O–H groups in total. The van der Waals surface area contributed by atoms with Crippen LogP contribution >= 0.6 is 11.6 Å². The number of rotatable bonds is 2. The summed E-state index contributed by atoms with van der Waals surface area (Å²) in [6, 6.07) is 17.9. The van der Waals surface area contributed by atoms with E-state index in [4.69, 9.17) is 22.3 Å². The summed E-state index contributed by atoms with van der Waals surface area (Å²) in [5.74, 6) is 0. The molecule has 100 valence electrons. The van der Waals surface area contributed by atoms with Crippen LogP contribution in [0.4, 0.5) is 0 Å². The molecule has 0 radical (unpaired) electrons. The van der Waals surface area contributed by atoms with Gasteiger partial charge in [0.1, 0.15) is 0 Å². The van der Waals surface area contributed by atoms with Gasteiger partial charge in [-0.25, -0.2) is 4.98 Å². The predicted molar refractivity (Wildman–Crippen MR) is 84.8 cm³/mol. The standard InChI is InChI=1S/C17H15ClN2/c1-11(19)14-10-13-8-5-9-15(18)17(13)20-16(14)12-6-3-2-4-7-12/h2-11H,19H2,1H3. The van der Waals surface area contributed by atoms with E-state index in [1.165, 1.54) is 0 Å². The SMILES string of the molecule is CC(N)c1cc2cccc(Cl)c2nc1-c1ccccc1. The van der Waals surface area contributed by atoms with Gasteiger partial charge >= 0.3 is 0 Å². The third-order valence-corrected chi connectivity index (χ3v) is 3.67. The smallest absolute Gasteiger partial charge is 0.0895 e. The molecule has 3 rings (SSSR count). The van der Waals surface area contributed by atoms with Crippen LogP contribution in [-0.4, -0.2) is 4.98 Å². The average molecular weight is 283 g/mol. The summed E-state index contributed by atoms with van der Waals surface area (Å²) in [5, 5.41) is 1.68. The van der Waals surface area contributed by atoms with Crippen molar-refractivity contribution in [3.8, 4) is 11.3 Å². The molecule has 0 aliphatic carbocycles. The van der Waals surface area contributed by atoms with Crippen molar-refractivity contribution >= 4 is 22.5 Å². The molecule has 3 aromatic rings. The van der Waals surface area contributed by atoms with Gasteiger partial charge in [-0.3, -0.25) is 0 Å². The lowest BCUT2D eigenvalue weighted by Gasteiger charge is -2.14. The predicted octanol–water partition coefficient (Wildman–Crippen LogP) is 4.57. The Kier molecular flexibility index (Phi) is 3.43. The van der Waals surface area contributed by atoms with Gasteiger partial charge in [-0.05, 0) is 24.6 Å². The number of benzene rings is 2. The molecule has 1 unspecified atom stereocenters. The number of hydrogen-bond acceptors (Lipinski definition) is 2. The molecule has 0 saturated heterocycles. The Morgan fingerprint density at radius 2 is 1.80 bits per heavy atom. The van der Waals surface area contributed by atoms with E-state index in [-0.39, 0.29) is 6.04 Å². The second-order valence-electron chi connectivity index (χ2n) is 4.89. The normalized spacial score (nSPS) is 12.6. The summed E-state index contributed by atoms with van der Waals surface area (Å²) < 4.78 is 0. The van der Waals surface area contributed by atoms with Crippen LogP contribution in [0, 0.1) is 0 Å². The number of pyridine rings is 1. The van der Waals surface area contributed by atoms with Crippen LogP contribution in [0.3, 0.4) is 0 Å². The Hall–Kier alpha value is -1.90. The summed E-state index contributed by atoms with van der Waals surface area (Å²) in [6.45, 7) is 1.97. The molecule has 0 fully saturated rings. The first-order valence-electron chi connectivity index (χ1n) is 6.57. The Balaban J connectivity index is 2.34. The molecule has 20 heavy (non-hydrogen) atoms. The lowest BCUT2D eigenvalue weighted by molar-refractivity contribution is 0.817. The van der Waals surface area contributed by atoms with Gasteiger partial charge in [0.25, 0.3) is 0 Å². The Morgan fingerprint density at radius 1 is 1.05 bits per heavy atom. The van der Waals surface area contributed by atoms with Crippen LogP contribution < -0.4 is 5.73 Å². The van der Waals surface area contributed by atoms with E-state index < -0.39 is 0 Å². The van der Waals surface area contributed by atoms with Gasteiger partial charge in [-0.1, -0.05) is 54.1 Å². The maximum Gasteiger partial charge on any atom is 0.0895 e. The minimum atomic E-state index is -0.0823. The summed E-state index contributed by atoms with van der Waals surface area (Å²) in [7, 11) is 0. The van der Waals surface area contributed by atoms with Gasteiger partial charge < -0.3 is 5.73 Å². The third-order valence-electron chi connectivity index (χ3n) is 3.36. The molecular weight excluding hydrogens is 268 g/mol. The van der Waals surface area contributed by atoms with Crippen molar-refractivity contribution in [2.45, 2.75) is 13.0 Å². The molecule has 0 amide bonds. The van der Waals surface area contributed by atoms with Crippen molar-refractivity contribution in [1.82, 2.24) is 4.98 Å². The van der Waals surface area contributed by atoms with Gasteiger partial charge in [0.2, 0.25) is 0 Å². The average Bonchev–Trinajstić information content (AvgIpc) is 2.47. The second-order valence-corrected chi connectivity index (χ2v) is 5.30. The van der Waals surface area contributed by atoms with Crippen LogP contribution in [-0.2, 0) is 0 Å². The Labute approximate surface area is 123 Å². The fourth-order valence-electron chi connectivity index (χ4n) is 2.35. The first-order chi connectivity index (χ1) is 9.66. The molecule has 3 heteroatoms. The molecule has 1 atom stereocenters. The van der Waals surface area contributed by atoms with E-state index in [1.807, 2.05) is 55.5 Å². The molecular formula is C17H15ClN2. The molecule has 0 aliphatic rings. The molecule has 2 aromatic carbocycles. The minimum Gasteiger partial charge on any atom is -0.324 e. The summed E-state index contributed by atoms with van der Waals surface area (Å²) in [6.07, 6.45) is 0. The zero-order chi connectivity index (χ0) is 14.1. The van der Waals surface area contributed by atoms with E-state index in [9.17, 15) is 0 Å². The van der Waals surface area contributed by atoms with E-state index in [0.29, 0.717) is 5.02 Å². The first-order valence-corrected chi connectivity index (χ1v) is 6.95. The monoisotopic (exact) mass is 282 g/mol. The molecule has 0 bridgehead atoms. The molecule has 0 saturated carbocycles. The van der Waals surface area contributed by atoms with Crippen molar-refractivity contribution < 1.29 is 0 Å². The van der Waals surface area contributed by atoms with Crippen LogP contribution in [0.25, 0.3) is 22.2 Å². The molecule has 0 aliphatic heterocycles. The van der Waals surface area contributed by atoms with Crippen molar-refractivity contribution in [1.29, 1.82) is 0 Å². The van der Waals surface area contributed by atoms with Crippen LogP contribution in [0.15, 0.2) is 54.6 Å². The molecule has 2 nitrogen and oxygen atoms in total. The maximum absolute atomic E-state index is 6.25. The minimum absolute atomic E-state index is 0.0823. The summed E-state index contributed by atoms with van der Waals surface area (Å²) in [4.78, 5) is 4.75. The zero-order valence-corrected chi connectivity index (χ0v) is 11.9. The number of halogens is 1. The number of fused-ring (bicyclic) bond motifs is 1. The molecule has 1 heterocycles. The second kappa shape index (κ2) is 5.23. The number of nitrogens with two attached hydrogens (primary N) is 1. The van der Waals surface area contributed by atoms with Crippen molar-refractivity contribution in [2.24, 2.45) is 5.73 Å². The quantitative estimate of drug-likeness (QED) is 0.747. The number of para-hydroxylation sites is 1. The highest BCUT2D eigenvalue weighted by Crippen LogP contribution is 2.31. The highest BCUT2D eigenvalue weighted by Gasteiger charge is 2.13. The van der Waals surface area contributed by atoms with Crippen molar-refractivity contribution in [2.75, 3.05) is 0 Å². The van der Waals surface area contributed by atoms with Crippen LogP contribution in [0.1, 0.15) is 18.5 Å². The van der Waals surface area contributed by atoms with Crippen LogP contribution in [0.2, 0.25) is 5.02 Å². The Morgan fingerprint density at radius 3 is 2.50 bits per heavy atom. The fourth-order valence-corrected chi connectivity index (χ4v) is 2.58. The highest BCUT2D eigenvalue weighted by molar-refractivity contribution is 6.35. The molecule has 1 aromatic heterocycles. The van der Waals surface area contributed by atoms with E-state index in [1.54, 1.807) is 0 Å². The zero-order valence-electron chi connectivity index (χ0n) is 11.2. The van der Waals surface area contributed by atoms with Gasteiger partial charge in [-0.2, -0.15) is 0 Å². The maximum atomic E-state index is 6.25. The topological polar surface area (TPSA) is 38.9 Å². The van der Waals surface area contributed by atoms with Crippen LogP contribution in [0.5, 0.6) is 0 Å². The van der Waals surface area contributed by atoms with Gasteiger partial charge in [0, 0.05) is 17.0 Å². The van der Waals surface area contributed by atoms with Crippen molar-refractivity contribution in [3.63, 3.8) is 0 Å². The van der Waals surface area contributed by atoms with Gasteiger partial charge in [-0.15, -0.1) is 0 Å². The largest absolute Gasteiger partial charge is 0.324 e. The van der Waals surface area contributed by atoms with Gasteiger partial charge in [0.15, 0.2) is 0 Å². The van der Waals surface area contributed by atoms with E-state index in [0.717, 1.165) is 27.7 Å².